The van der Waals surface area contributed by atoms with Crippen molar-refractivity contribution >= 4 is 5.91 Å². The van der Waals surface area contributed by atoms with E-state index in [0.29, 0.717) is 6.04 Å². The second kappa shape index (κ2) is 7.10. The summed E-state index contributed by atoms with van der Waals surface area (Å²) in [5.41, 5.74) is 5.85. The number of amides is 1. The molecule has 1 saturated heterocycles. The molecule has 1 heterocycles. The SMILES string of the molecule is NC1CCC(C(=O)NCCCN2CCCC2)CC1. The Morgan fingerprint density at radius 3 is 2.50 bits per heavy atom. The summed E-state index contributed by atoms with van der Waals surface area (Å²) in [6, 6.07) is 0.323. The summed E-state index contributed by atoms with van der Waals surface area (Å²) in [6.45, 7) is 4.45. The molecular weight excluding hydrogens is 226 g/mol. The van der Waals surface area contributed by atoms with Gasteiger partial charge in [-0.25, -0.2) is 0 Å². The first-order valence-electron chi connectivity index (χ1n) is 7.51. The monoisotopic (exact) mass is 253 g/mol. The first-order chi connectivity index (χ1) is 8.75. The Balaban J connectivity index is 1.54. The van der Waals surface area contributed by atoms with Gasteiger partial charge in [0.25, 0.3) is 0 Å². The summed E-state index contributed by atoms with van der Waals surface area (Å²) in [4.78, 5) is 14.4. The standard InChI is InChI=1S/C14H27N3O/c15-13-6-4-12(5-7-13)14(18)16-8-3-11-17-9-1-2-10-17/h12-13H,1-11,15H2,(H,16,18). The van der Waals surface area contributed by atoms with E-state index in [1.54, 1.807) is 0 Å². The van der Waals surface area contributed by atoms with Crippen molar-refractivity contribution in [2.45, 2.75) is 51.0 Å². The predicted molar refractivity (Wildman–Crippen MR) is 73.2 cm³/mol. The number of nitrogens with zero attached hydrogens (tertiary/aromatic N) is 1. The first-order valence-corrected chi connectivity index (χ1v) is 7.51. The smallest absolute Gasteiger partial charge is 0.223 e. The van der Waals surface area contributed by atoms with Gasteiger partial charge in [-0.3, -0.25) is 4.79 Å². The van der Waals surface area contributed by atoms with Crippen LogP contribution >= 0.6 is 0 Å². The molecule has 1 amide bonds. The van der Waals surface area contributed by atoms with Gasteiger partial charge in [0.1, 0.15) is 0 Å². The molecule has 0 bridgehead atoms. The van der Waals surface area contributed by atoms with E-state index in [9.17, 15) is 4.79 Å². The molecule has 0 aromatic heterocycles. The third-order valence-corrected chi connectivity index (χ3v) is 4.29. The molecule has 0 aromatic carbocycles. The highest BCUT2D eigenvalue weighted by molar-refractivity contribution is 5.78. The summed E-state index contributed by atoms with van der Waals surface area (Å²) in [5, 5.41) is 3.08. The van der Waals surface area contributed by atoms with Crippen molar-refractivity contribution in [3.63, 3.8) is 0 Å². The number of hydrogen-bond donors (Lipinski definition) is 2. The Labute approximate surface area is 110 Å². The molecule has 0 spiro atoms. The van der Waals surface area contributed by atoms with Gasteiger partial charge in [0, 0.05) is 18.5 Å². The number of rotatable bonds is 5. The minimum absolute atomic E-state index is 0.219. The molecule has 0 radical (unpaired) electrons. The van der Waals surface area contributed by atoms with Crippen LogP contribution in [-0.2, 0) is 4.79 Å². The Bertz CT molecular complexity index is 256. The summed E-state index contributed by atoms with van der Waals surface area (Å²) in [6.07, 6.45) is 7.72. The van der Waals surface area contributed by atoms with Gasteiger partial charge in [-0.15, -0.1) is 0 Å². The highest BCUT2D eigenvalue weighted by atomic mass is 16.1. The van der Waals surface area contributed by atoms with Crippen molar-refractivity contribution < 1.29 is 4.79 Å². The van der Waals surface area contributed by atoms with Crippen molar-refractivity contribution in [1.29, 1.82) is 0 Å². The lowest BCUT2D eigenvalue weighted by molar-refractivity contribution is -0.126. The van der Waals surface area contributed by atoms with E-state index in [0.717, 1.165) is 45.2 Å². The minimum atomic E-state index is 0.219. The topological polar surface area (TPSA) is 58.4 Å². The van der Waals surface area contributed by atoms with Gasteiger partial charge in [0.15, 0.2) is 0 Å². The van der Waals surface area contributed by atoms with E-state index < -0.39 is 0 Å². The maximum Gasteiger partial charge on any atom is 0.223 e. The van der Waals surface area contributed by atoms with Crippen LogP contribution in [-0.4, -0.2) is 43.0 Å². The fraction of sp³-hybridized carbons (Fsp3) is 0.929. The molecule has 3 N–H and O–H groups in total. The minimum Gasteiger partial charge on any atom is -0.356 e. The zero-order chi connectivity index (χ0) is 12.8. The van der Waals surface area contributed by atoms with Gasteiger partial charge in [0.05, 0.1) is 0 Å². The van der Waals surface area contributed by atoms with Crippen LogP contribution in [0.5, 0.6) is 0 Å². The third kappa shape index (κ3) is 4.25. The van der Waals surface area contributed by atoms with E-state index in [4.69, 9.17) is 5.73 Å². The summed E-state index contributed by atoms with van der Waals surface area (Å²) in [7, 11) is 0. The number of carbonyl (C=O) groups excluding carboxylic acids is 1. The van der Waals surface area contributed by atoms with Gasteiger partial charge in [-0.2, -0.15) is 0 Å². The number of hydrogen-bond acceptors (Lipinski definition) is 3. The Kier molecular flexibility index (Phi) is 5.45. The number of likely N-dealkylation sites (tertiary alicyclic amines) is 1. The van der Waals surface area contributed by atoms with E-state index in [1.807, 2.05) is 0 Å². The van der Waals surface area contributed by atoms with Crippen molar-refractivity contribution in [2.75, 3.05) is 26.2 Å². The Morgan fingerprint density at radius 1 is 1.17 bits per heavy atom. The van der Waals surface area contributed by atoms with Crippen molar-refractivity contribution in [3.8, 4) is 0 Å². The van der Waals surface area contributed by atoms with E-state index in [-0.39, 0.29) is 11.8 Å². The molecule has 0 aromatic rings. The van der Waals surface area contributed by atoms with Crippen LogP contribution in [0.25, 0.3) is 0 Å². The fourth-order valence-electron chi connectivity index (χ4n) is 3.05. The van der Waals surface area contributed by atoms with E-state index in [2.05, 4.69) is 10.2 Å². The summed E-state index contributed by atoms with van der Waals surface area (Å²) >= 11 is 0. The Hall–Kier alpha value is -0.610. The fourth-order valence-corrected chi connectivity index (χ4v) is 3.05. The average molecular weight is 253 g/mol. The normalized spacial score (nSPS) is 29.4. The van der Waals surface area contributed by atoms with Gasteiger partial charge < -0.3 is 16.0 Å². The molecule has 2 rings (SSSR count). The lowest BCUT2D eigenvalue weighted by atomic mass is 9.86. The summed E-state index contributed by atoms with van der Waals surface area (Å²) in [5.74, 6) is 0.472. The molecule has 104 valence electrons. The second-order valence-electron chi connectivity index (χ2n) is 5.81. The summed E-state index contributed by atoms with van der Waals surface area (Å²) < 4.78 is 0. The molecule has 2 aliphatic rings. The molecule has 4 heteroatoms. The van der Waals surface area contributed by atoms with Crippen LogP contribution in [0.4, 0.5) is 0 Å². The third-order valence-electron chi connectivity index (χ3n) is 4.29. The molecule has 1 aliphatic heterocycles. The first kappa shape index (κ1) is 13.8. The molecule has 4 nitrogen and oxygen atoms in total. The molecule has 0 unspecified atom stereocenters. The molecule has 0 atom stereocenters. The average Bonchev–Trinajstić information content (AvgIpc) is 2.88. The van der Waals surface area contributed by atoms with E-state index >= 15 is 0 Å². The number of nitrogens with two attached hydrogens (primary N) is 1. The van der Waals surface area contributed by atoms with Crippen LogP contribution in [0.2, 0.25) is 0 Å². The van der Waals surface area contributed by atoms with Crippen LogP contribution in [0.15, 0.2) is 0 Å². The quantitative estimate of drug-likeness (QED) is 0.722. The van der Waals surface area contributed by atoms with Crippen LogP contribution < -0.4 is 11.1 Å². The predicted octanol–water partition coefficient (Wildman–Crippen LogP) is 1.11. The van der Waals surface area contributed by atoms with Gasteiger partial charge in [-0.1, -0.05) is 0 Å². The van der Waals surface area contributed by atoms with E-state index in [1.165, 1.54) is 25.9 Å². The molecular formula is C14H27N3O. The van der Waals surface area contributed by atoms with Gasteiger partial charge in [0.2, 0.25) is 5.91 Å². The maximum atomic E-state index is 11.9. The van der Waals surface area contributed by atoms with Crippen LogP contribution in [0.1, 0.15) is 44.9 Å². The number of carbonyl (C=O) groups is 1. The lowest BCUT2D eigenvalue weighted by Gasteiger charge is -2.25. The second-order valence-corrected chi connectivity index (χ2v) is 5.81. The van der Waals surface area contributed by atoms with Crippen molar-refractivity contribution in [1.82, 2.24) is 10.2 Å². The van der Waals surface area contributed by atoms with Crippen LogP contribution in [0, 0.1) is 5.92 Å². The maximum absolute atomic E-state index is 11.9. The largest absolute Gasteiger partial charge is 0.356 e. The molecule has 1 saturated carbocycles. The highest BCUT2D eigenvalue weighted by Crippen LogP contribution is 2.23. The van der Waals surface area contributed by atoms with Crippen LogP contribution in [0.3, 0.4) is 0 Å². The molecule has 2 fully saturated rings. The Morgan fingerprint density at radius 2 is 1.83 bits per heavy atom. The molecule has 1 aliphatic carbocycles. The van der Waals surface area contributed by atoms with Gasteiger partial charge >= 0.3 is 0 Å². The number of nitrogens with one attached hydrogen (secondary N) is 1. The molecule has 18 heavy (non-hydrogen) atoms. The highest BCUT2D eigenvalue weighted by Gasteiger charge is 2.24. The zero-order valence-electron chi connectivity index (χ0n) is 11.4. The van der Waals surface area contributed by atoms with Crippen molar-refractivity contribution in [3.05, 3.63) is 0 Å². The lowest BCUT2D eigenvalue weighted by Crippen LogP contribution is -2.37. The zero-order valence-corrected chi connectivity index (χ0v) is 11.4. The van der Waals surface area contributed by atoms with Crippen molar-refractivity contribution in [2.24, 2.45) is 11.7 Å². The van der Waals surface area contributed by atoms with Gasteiger partial charge in [-0.05, 0) is 64.6 Å².